The predicted molar refractivity (Wildman–Crippen MR) is 83.6 cm³/mol. The summed E-state index contributed by atoms with van der Waals surface area (Å²) in [6.07, 6.45) is 0. The van der Waals surface area contributed by atoms with E-state index in [1.54, 1.807) is 0 Å². The molecule has 0 saturated carbocycles. The van der Waals surface area contributed by atoms with Crippen LogP contribution in [0, 0.1) is 11.6 Å². The topological polar surface area (TPSA) is 104 Å². The van der Waals surface area contributed by atoms with Crippen molar-refractivity contribution in [2.75, 3.05) is 6.54 Å². The van der Waals surface area contributed by atoms with Crippen molar-refractivity contribution in [1.82, 2.24) is 15.6 Å². The summed E-state index contributed by atoms with van der Waals surface area (Å²) in [5.41, 5.74) is 4.17. The molecule has 0 saturated heterocycles. The Morgan fingerprint density at radius 1 is 0.840 bits per heavy atom. The molecule has 2 aromatic carbocycles. The maximum atomic E-state index is 12.8. The highest BCUT2D eigenvalue weighted by Gasteiger charge is 2.16. The Morgan fingerprint density at radius 3 is 1.92 bits per heavy atom. The zero-order valence-electron chi connectivity index (χ0n) is 12.6. The molecule has 0 atom stereocenters. The number of halogens is 2. The molecule has 10 heteroatoms. The molecule has 7 nitrogen and oxygen atoms in total. The van der Waals surface area contributed by atoms with E-state index in [2.05, 4.69) is 5.43 Å². The van der Waals surface area contributed by atoms with Crippen LogP contribution in [0.2, 0.25) is 0 Å². The van der Waals surface area contributed by atoms with Crippen molar-refractivity contribution in [2.24, 2.45) is 0 Å². The Hall–Kier alpha value is -2.85. The lowest BCUT2D eigenvalue weighted by molar-refractivity contribution is -0.120. The number of carbonyl (C=O) groups excluding carboxylic acids is 2. The van der Waals surface area contributed by atoms with Crippen LogP contribution >= 0.6 is 0 Å². The number of sulfonamides is 1. The van der Waals surface area contributed by atoms with E-state index in [0.29, 0.717) is 0 Å². The minimum atomic E-state index is -4.00. The van der Waals surface area contributed by atoms with Gasteiger partial charge in [0.25, 0.3) is 11.8 Å². The number of carbonyl (C=O) groups is 2. The number of hydrogen-bond acceptors (Lipinski definition) is 4. The van der Waals surface area contributed by atoms with Crippen LogP contribution in [0.3, 0.4) is 0 Å². The second-order valence-electron chi connectivity index (χ2n) is 4.79. The van der Waals surface area contributed by atoms with E-state index in [9.17, 15) is 26.8 Å². The first-order chi connectivity index (χ1) is 11.8. The van der Waals surface area contributed by atoms with E-state index in [1.165, 1.54) is 12.1 Å². The number of hydrazine groups is 1. The molecular formula is C15H13F2N3O4S. The molecule has 25 heavy (non-hydrogen) atoms. The molecule has 132 valence electrons. The summed E-state index contributed by atoms with van der Waals surface area (Å²) in [5, 5.41) is 0. The third-order valence-electron chi connectivity index (χ3n) is 2.97. The fourth-order valence-corrected chi connectivity index (χ4v) is 2.68. The fourth-order valence-electron chi connectivity index (χ4n) is 1.70. The molecule has 0 aromatic heterocycles. The Morgan fingerprint density at radius 2 is 1.36 bits per heavy atom. The maximum Gasteiger partial charge on any atom is 0.269 e. The van der Waals surface area contributed by atoms with Crippen molar-refractivity contribution in [2.45, 2.75) is 4.90 Å². The SMILES string of the molecule is O=C(CNS(=O)(=O)c1ccc(F)cc1)NNC(=O)c1ccc(F)cc1. The van der Waals surface area contributed by atoms with Crippen LogP contribution in [0.4, 0.5) is 8.78 Å². The van der Waals surface area contributed by atoms with E-state index in [-0.39, 0.29) is 10.5 Å². The fraction of sp³-hybridized carbons (Fsp3) is 0.0667. The molecular weight excluding hydrogens is 356 g/mol. The zero-order chi connectivity index (χ0) is 18.4. The van der Waals surface area contributed by atoms with Crippen molar-refractivity contribution in [1.29, 1.82) is 0 Å². The molecule has 0 unspecified atom stereocenters. The largest absolute Gasteiger partial charge is 0.272 e. The summed E-state index contributed by atoms with van der Waals surface area (Å²) >= 11 is 0. The standard InChI is InChI=1S/C15H13F2N3O4S/c16-11-3-1-10(2-4-11)15(22)20-19-14(21)9-18-25(23,24)13-7-5-12(17)6-8-13/h1-8,18H,9H2,(H,19,21)(H,20,22). The number of benzene rings is 2. The lowest BCUT2D eigenvalue weighted by atomic mass is 10.2. The lowest BCUT2D eigenvalue weighted by Gasteiger charge is -2.09. The van der Waals surface area contributed by atoms with Gasteiger partial charge < -0.3 is 0 Å². The molecule has 0 spiro atoms. The van der Waals surface area contributed by atoms with Gasteiger partial charge in [-0.25, -0.2) is 21.9 Å². The van der Waals surface area contributed by atoms with Crippen LogP contribution in [0.5, 0.6) is 0 Å². The molecule has 0 aliphatic rings. The first-order valence-corrected chi connectivity index (χ1v) is 8.36. The summed E-state index contributed by atoms with van der Waals surface area (Å²) < 4.78 is 51.3. The van der Waals surface area contributed by atoms with Crippen molar-refractivity contribution in [3.8, 4) is 0 Å². The normalized spacial score (nSPS) is 11.0. The number of rotatable bonds is 5. The van der Waals surface area contributed by atoms with Crippen molar-refractivity contribution >= 4 is 21.8 Å². The summed E-state index contributed by atoms with van der Waals surface area (Å²) in [7, 11) is -4.00. The summed E-state index contributed by atoms with van der Waals surface area (Å²) in [5.74, 6) is -2.65. The Balaban J connectivity index is 1.85. The molecule has 2 aromatic rings. The van der Waals surface area contributed by atoms with E-state index in [4.69, 9.17) is 0 Å². The average molecular weight is 369 g/mol. The molecule has 0 aliphatic heterocycles. The van der Waals surface area contributed by atoms with E-state index >= 15 is 0 Å². The second kappa shape index (κ2) is 7.81. The van der Waals surface area contributed by atoms with Crippen LogP contribution in [0.25, 0.3) is 0 Å². The molecule has 0 aliphatic carbocycles. The minimum absolute atomic E-state index is 0.105. The lowest BCUT2D eigenvalue weighted by Crippen LogP contribution is -2.46. The summed E-state index contributed by atoms with van der Waals surface area (Å²) in [6, 6.07) is 8.62. The smallest absolute Gasteiger partial charge is 0.269 e. The number of amides is 2. The zero-order valence-corrected chi connectivity index (χ0v) is 13.4. The Labute approximate surface area is 142 Å². The van der Waals surface area contributed by atoms with Gasteiger partial charge in [-0.3, -0.25) is 20.4 Å². The van der Waals surface area contributed by atoms with Crippen LogP contribution in [0.15, 0.2) is 53.4 Å². The van der Waals surface area contributed by atoms with Gasteiger partial charge in [0, 0.05) is 5.56 Å². The van der Waals surface area contributed by atoms with E-state index in [0.717, 1.165) is 36.4 Å². The Kier molecular flexibility index (Phi) is 5.78. The van der Waals surface area contributed by atoms with Crippen LogP contribution in [-0.2, 0) is 14.8 Å². The Bertz CT molecular complexity index is 869. The average Bonchev–Trinajstić information content (AvgIpc) is 2.59. The van der Waals surface area contributed by atoms with Gasteiger partial charge in [-0.2, -0.15) is 0 Å². The maximum absolute atomic E-state index is 12.8. The molecule has 3 N–H and O–H groups in total. The van der Waals surface area contributed by atoms with Crippen LogP contribution < -0.4 is 15.6 Å². The monoisotopic (exact) mass is 369 g/mol. The molecule has 0 bridgehead atoms. The minimum Gasteiger partial charge on any atom is -0.272 e. The first-order valence-electron chi connectivity index (χ1n) is 6.88. The number of hydrogen-bond donors (Lipinski definition) is 3. The van der Waals surface area contributed by atoms with Crippen LogP contribution in [-0.4, -0.2) is 26.8 Å². The van der Waals surface area contributed by atoms with Gasteiger partial charge in [-0.1, -0.05) is 0 Å². The second-order valence-corrected chi connectivity index (χ2v) is 6.55. The van der Waals surface area contributed by atoms with Crippen LogP contribution in [0.1, 0.15) is 10.4 Å². The third kappa shape index (κ3) is 5.33. The van der Waals surface area contributed by atoms with Gasteiger partial charge in [0.2, 0.25) is 10.0 Å². The van der Waals surface area contributed by atoms with Gasteiger partial charge >= 0.3 is 0 Å². The van der Waals surface area contributed by atoms with Gasteiger partial charge in [0.1, 0.15) is 11.6 Å². The predicted octanol–water partition coefficient (Wildman–Crippen LogP) is 0.704. The summed E-state index contributed by atoms with van der Waals surface area (Å²) in [6.45, 7) is -0.649. The van der Waals surface area contributed by atoms with Gasteiger partial charge in [0.15, 0.2) is 0 Å². The van der Waals surface area contributed by atoms with Gasteiger partial charge in [0.05, 0.1) is 11.4 Å². The van der Waals surface area contributed by atoms with E-state index in [1.807, 2.05) is 10.1 Å². The first kappa shape index (κ1) is 18.5. The third-order valence-corrected chi connectivity index (χ3v) is 4.39. The molecule has 0 radical (unpaired) electrons. The number of nitrogens with one attached hydrogen (secondary N) is 3. The molecule has 0 fully saturated rings. The van der Waals surface area contributed by atoms with Crippen molar-refractivity contribution in [3.05, 3.63) is 65.7 Å². The quantitative estimate of drug-likeness (QED) is 0.675. The summed E-state index contributed by atoms with van der Waals surface area (Å²) in [4.78, 5) is 23.1. The highest BCUT2D eigenvalue weighted by Crippen LogP contribution is 2.09. The molecule has 2 amide bonds. The highest BCUT2D eigenvalue weighted by atomic mass is 32.2. The van der Waals surface area contributed by atoms with Crippen molar-refractivity contribution in [3.63, 3.8) is 0 Å². The van der Waals surface area contributed by atoms with Gasteiger partial charge in [-0.15, -0.1) is 0 Å². The van der Waals surface area contributed by atoms with E-state index < -0.39 is 40.0 Å². The van der Waals surface area contributed by atoms with Crippen molar-refractivity contribution < 1.29 is 26.8 Å². The highest BCUT2D eigenvalue weighted by molar-refractivity contribution is 7.89. The molecule has 2 rings (SSSR count). The molecule has 0 heterocycles. The van der Waals surface area contributed by atoms with Gasteiger partial charge in [-0.05, 0) is 48.5 Å².